The fraction of sp³-hybridized carbons (Fsp3) is 0.400. The van der Waals surface area contributed by atoms with Crippen LogP contribution in [-0.2, 0) is 26.3 Å². The van der Waals surface area contributed by atoms with Gasteiger partial charge in [0.1, 0.15) is 0 Å². The number of anilines is 2. The zero-order valence-corrected chi connectivity index (χ0v) is 23.7. The first kappa shape index (κ1) is 27.8. The average Bonchev–Trinajstić information content (AvgIpc) is 3.40. The van der Waals surface area contributed by atoms with Crippen LogP contribution in [0.25, 0.3) is 11.3 Å². The maximum absolute atomic E-state index is 12.8. The van der Waals surface area contributed by atoms with Crippen molar-refractivity contribution in [2.45, 2.75) is 51.4 Å². The Morgan fingerprint density at radius 3 is 2.77 bits per heavy atom. The number of carbonyl (C=O) groups excluding carboxylic acids is 2. The van der Waals surface area contributed by atoms with E-state index >= 15 is 0 Å². The van der Waals surface area contributed by atoms with Crippen LogP contribution in [0.3, 0.4) is 0 Å². The predicted octanol–water partition coefficient (Wildman–Crippen LogP) is 4.49. The summed E-state index contributed by atoms with van der Waals surface area (Å²) in [5.41, 5.74) is 4.74. The lowest BCUT2D eigenvalue weighted by atomic mass is 9.76. The van der Waals surface area contributed by atoms with E-state index in [0.29, 0.717) is 30.3 Å². The fourth-order valence-corrected chi connectivity index (χ4v) is 6.07. The Kier molecular flexibility index (Phi) is 8.17. The molecule has 208 valence electrons. The molecule has 0 spiro atoms. The Balaban J connectivity index is 1.19. The molecule has 2 N–H and O–H groups in total. The summed E-state index contributed by atoms with van der Waals surface area (Å²) in [5.74, 6) is -0.716. The van der Waals surface area contributed by atoms with Crippen LogP contribution >= 0.6 is 11.3 Å². The first-order valence-electron chi connectivity index (χ1n) is 13.4. The summed E-state index contributed by atoms with van der Waals surface area (Å²) in [4.78, 5) is 32.4. The van der Waals surface area contributed by atoms with Crippen LogP contribution in [-0.4, -0.2) is 55.2 Å². The van der Waals surface area contributed by atoms with Crippen LogP contribution in [0.2, 0.25) is 0 Å². The topological polar surface area (TPSA) is 117 Å². The van der Waals surface area contributed by atoms with Gasteiger partial charge in [-0.15, -0.1) is 11.3 Å². The van der Waals surface area contributed by atoms with Gasteiger partial charge in [-0.1, -0.05) is 25.1 Å². The van der Waals surface area contributed by atoms with E-state index in [9.17, 15) is 14.9 Å². The predicted molar refractivity (Wildman–Crippen MR) is 154 cm³/mol. The van der Waals surface area contributed by atoms with Gasteiger partial charge >= 0.3 is 0 Å². The van der Waals surface area contributed by atoms with E-state index in [1.807, 2.05) is 36.6 Å². The number of hydrogen-bond donors (Lipinski definition) is 2. The first-order valence-corrected chi connectivity index (χ1v) is 14.2. The van der Waals surface area contributed by atoms with Crippen molar-refractivity contribution in [1.29, 1.82) is 5.26 Å². The molecule has 0 bridgehead atoms. The van der Waals surface area contributed by atoms with Crippen LogP contribution in [0, 0.1) is 11.3 Å². The number of nitrogens with zero attached hydrogens (tertiary/aromatic N) is 3. The third-order valence-electron chi connectivity index (χ3n) is 7.26. The summed E-state index contributed by atoms with van der Waals surface area (Å²) in [6.45, 7) is 8.48. The lowest BCUT2D eigenvalue weighted by Crippen LogP contribution is -2.45. The van der Waals surface area contributed by atoms with Crippen LogP contribution in [0.1, 0.15) is 48.7 Å². The number of carbonyl (C=O) groups is 2. The molecule has 5 rings (SSSR count). The SMILES string of the molecule is C[C@@H]1CN(c2cccc(-c3csc(NC(=O)CNC(=O)c4ccc5c(c4)C(C)(CC#N)COC5)n3)c2)C[C@H](C)O1. The summed E-state index contributed by atoms with van der Waals surface area (Å²) in [7, 11) is 0. The van der Waals surface area contributed by atoms with Crippen LogP contribution < -0.4 is 15.5 Å². The summed E-state index contributed by atoms with van der Waals surface area (Å²) >= 11 is 1.34. The zero-order valence-electron chi connectivity index (χ0n) is 22.9. The third kappa shape index (κ3) is 6.17. The number of hydrogen-bond acceptors (Lipinski definition) is 8. The molecular formula is C30H33N5O4S. The quantitative estimate of drug-likeness (QED) is 0.438. The van der Waals surface area contributed by atoms with Gasteiger partial charge in [-0.25, -0.2) is 4.98 Å². The van der Waals surface area contributed by atoms with Crippen molar-refractivity contribution in [3.63, 3.8) is 0 Å². The monoisotopic (exact) mass is 559 g/mol. The van der Waals surface area contributed by atoms with E-state index in [1.54, 1.807) is 6.07 Å². The number of morpholine rings is 1. The highest BCUT2D eigenvalue weighted by molar-refractivity contribution is 7.14. The van der Waals surface area contributed by atoms with Gasteiger partial charge in [0, 0.05) is 47.1 Å². The first-order chi connectivity index (χ1) is 19.2. The number of fused-ring (bicyclic) bond motifs is 1. The van der Waals surface area contributed by atoms with E-state index in [1.165, 1.54) is 11.3 Å². The van der Waals surface area contributed by atoms with Gasteiger partial charge in [0.2, 0.25) is 5.91 Å². The normalized spacial score (nSPS) is 22.2. The Morgan fingerprint density at radius 1 is 1.20 bits per heavy atom. The van der Waals surface area contributed by atoms with Gasteiger partial charge in [-0.05, 0) is 49.2 Å². The second-order valence-corrected chi connectivity index (χ2v) is 11.6. The summed E-state index contributed by atoms with van der Waals surface area (Å²) < 4.78 is 11.5. The number of ether oxygens (including phenoxy) is 2. The van der Waals surface area contributed by atoms with E-state index in [2.05, 4.69) is 52.6 Å². The molecule has 1 aromatic heterocycles. The lowest BCUT2D eigenvalue weighted by molar-refractivity contribution is -0.115. The minimum absolute atomic E-state index is 0.166. The number of benzene rings is 2. The summed E-state index contributed by atoms with van der Waals surface area (Å²) in [6, 6.07) is 15.8. The smallest absolute Gasteiger partial charge is 0.251 e. The van der Waals surface area contributed by atoms with Gasteiger partial charge < -0.3 is 25.0 Å². The Morgan fingerprint density at radius 2 is 2.00 bits per heavy atom. The maximum Gasteiger partial charge on any atom is 0.251 e. The largest absolute Gasteiger partial charge is 0.376 e. The second kappa shape index (κ2) is 11.8. The molecule has 3 heterocycles. The van der Waals surface area contributed by atoms with Crippen molar-refractivity contribution < 1.29 is 19.1 Å². The number of thiazole rings is 1. The van der Waals surface area contributed by atoms with Crippen molar-refractivity contribution in [3.8, 4) is 17.3 Å². The minimum atomic E-state index is -0.475. The number of rotatable bonds is 7. The highest BCUT2D eigenvalue weighted by Gasteiger charge is 2.33. The van der Waals surface area contributed by atoms with Crippen molar-refractivity contribution in [3.05, 3.63) is 64.5 Å². The second-order valence-electron chi connectivity index (χ2n) is 10.7. The van der Waals surface area contributed by atoms with E-state index in [-0.39, 0.29) is 30.6 Å². The number of amides is 2. The van der Waals surface area contributed by atoms with Crippen molar-refractivity contribution in [2.24, 2.45) is 0 Å². The molecule has 9 nitrogen and oxygen atoms in total. The Bertz CT molecular complexity index is 1440. The molecule has 2 aromatic carbocycles. The summed E-state index contributed by atoms with van der Waals surface area (Å²) in [5, 5.41) is 17.1. The molecule has 2 aliphatic heterocycles. The summed E-state index contributed by atoms with van der Waals surface area (Å²) in [6.07, 6.45) is 0.623. The zero-order chi connectivity index (χ0) is 28.3. The van der Waals surface area contributed by atoms with Crippen LogP contribution in [0.4, 0.5) is 10.8 Å². The number of nitrogens with one attached hydrogen (secondary N) is 2. The van der Waals surface area contributed by atoms with Crippen LogP contribution in [0.5, 0.6) is 0 Å². The molecule has 3 aromatic rings. The van der Waals surface area contributed by atoms with E-state index in [0.717, 1.165) is 41.2 Å². The van der Waals surface area contributed by atoms with Gasteiger partial charge in [0.25, 0.3) is 5.91 Å². The third-order valence-corrected chi connectivity index (χ3v) is 8.01. The molecule has 1 fully saturated rings. The average molecular weight is 560 g/mol. The Hall–Kier alpha value is -3.78. The molecular weight excluding hydrogens is 526 g/mol. The van der Waals surface area contributed by atoms with E-state index < -0.39 is 5.41 Å². The van der Waals surface area contributed by atoms with E-state index in [4.69, 9.17) is 9.47 Å². The van der Waals surface area contributed by atoms with Gasteiger partial charge in [-0.2, -0.15) is 5.26 Å². The van der Waals surface area contributed by atoms with Gasteiger partial charge in [0.15, 0.2) is 5.13 Å². The fourth-order valence-electron chi connectivity index (χ4n) is 5.33. The molecule has 10 heteroatoms. The van der Waals surface area contributed by atoms with Gasteiger partial charge in [0.05, 0.1) is 43.7 Å². The van der Waals surface area contributed by atoms with Crippen molar-refractivity contribution in [2.75, 3.05) is 36.5 Å². The number of nitriles is 1. The van der Waals surface area contributed by atoms with Crippen molar-refractivity contribution in [1.82, 2.24) is 10.3 Å². The molecule has 2 amide bonds. The van der Waals surface area contributed by atoms with Crippen molar-refractivity contribution >= 4 is 34.0 Å². The molecule has 3 atom stereocenters. The molecule has 1 saturated heterocycles. The molecule has 0 aliphatic carbocycles. The van der Waals surface area contributed by atoms with Gasteiger partial charge in [-0.3, -0.25) is 9.59 Å². The molecule has 0 saturated carbocycles. The maximum atomic E-state index is 12.8. The van der Waals surface area contributed by atoms with Crippen LogP contribution in [0.15, 0.2) is 47.8 Å². The number of aromatic nitrogens is 1. The highest BCUT2D eigenvalue weighted by Crippen LogP contribution is 2.35. The molecule has 2 aliphatic rings. The standard InChI is InChI=1S/C30H33N5O4S/c1-19-14-35(15-20(2)39-19)24-6-4-5-21(11-24)26-17-40-29(33-26)34-27(36)13-32-28(37)22-7-8-23-16-38-18-30(3,9-10-31)25(23)12-22/h4-8,11-12,17,19-20H,9,13-16,18H2,1-3H3,(H,32,37)(H,33,34,36)/t19-,20+,30?. The molecule has 1 unspecified atom stereocenters. The molecule has 0 radical (unpaired) electrons. The lowest BCUT2D eigenvalue weighted by Gasteiger charge is -2.37. The highest BCUT2D eigenvalue weighted by atomic mass is 32.1. The Labute approximate surface area is 238 Å². The molecule has 40 heavy (non-hydrogen) atoms. The minimum Gasteiger partial charge on any atom is -0.376 e.